The molecule has 0 bridgehead atoms. The Bertz CT molecular complexity index is 944. The summed E-state index contributed by atoms with van der Waals surface area (Å²) in [7, 11) is 0. The second-order valence-electron chi connectivity index (χ2n) is 6.26. The number of rotatable bonds is 2. The highest BCUT2D eigenvalue weighted by atomic mass is 32.1. The number of pyridine rings is 1. The fraction of sp³-hybridized carbons (Fsp3) is 0.312. The summed E-state index contributed by atoms with van der Waals surface area (Å²) in [5, 5.41) is 0.610. The monoisotopic (exact) mass is 315 g/mol. The Morgan fingerprint density at radius 1 is 1.27 bits per heavy atom. The molecule has 0 aromatic carbocycles. The van der Waals surface area contributed by atoms with E-state index in [4.69, 9.17) is 0 Å². The van der Waals surface area contributed by atoms with E-state index in [0.717, 1.165) is 4.88 Å². The Morgan fingerprint density at radius 2 is 2.05 bits per heavy atom. The molecule has 0 unspecified atom stereocenters. The predicted molar refractivity (Wildman–Crippen MR) is 88.7 cm³/mol. The number of aromatic amines is 1. The summed E-state index contributed by atoms with van der Waals surface area (Å²) in [5.41, 5.74) is -0.295. The number of nitrogens with one attached hydrogen (secondary N) is 1. The van der Waals surface area contributed by atoms with Crippen molar-refractivity contribution >= 4 is 21.6 Å². The van der Waals surface area contributed by atoms with Gasteiger partial charge in [0.25, 0.3) is 11.1 Å². The van der Waals surface area contributed by atoms with Crippen LogP contribution in [0.15, 0.2) is 40.1 Å². The zero-order chi connectivity index (χ0) is 15.9. The van der Waals surface area contributed by atoms with Crippen LogP contribution >= 0.6 is 11.3 Å². The molecule has 5 nitrogen and oxygen atoms in total. The van der Waals surface area contributed by atoms with E-state index in [1.165, 1.54) is 22.0 Å². The van der Waals surface area contributed by atoms with Crippen molar-refractivity contribution in [2.24, 2.45) is 0 Å². The Kier molecular flexibility index (Phi) is 3.48. The minimum atomic E-state index is -0.157. The molecule has 114 valence electrons. The van der Waals surface area contributed by atoms with E-state index in [-0.39, 0.29) is 23.1 Å². The quantitative estimate of drug-likeness (QED) is 0.790. The van der Waals surface area contributed by atoms with Gasteiger partial charge >= 0.3 is 0 Å². The fourth-order valence-electron chi connectivity index (χ4n) is 2.17. The summed E-state index contributed by atoms with van der Waals surface area (Å²) in [6, 6.07) is 6.86. The molecule has 0 atom stereocenters. The number of hydrogen-bond donors (Lipinski definition) is 1. The van der Waals surface area contributed by atoms with E-state index in [1.807, 2.05) is 6.07 Å². The van der Waals surface area contributed by atoms with Crippen molar-refractivity contribution in [2.75, 3.05) is 0 Å². The zero-order valence-electron chi connectivity index (χ0n) is 12.7. The third-order valence-corrected chi connectivity index (χ3v) is 4.86. The molecule has 1 N–H and O–H groups in total. The lowest BCUT2D eigenvalue weighted by molar-refractivity contribution is 0.604. The van der Waals surface area contributed by atoms with Crippen molar-refractivity contribution in [3.8, 4) is 0 Å². The van der Waals surface area contributed by atoms with Gasteiger partial charge in [0.1, 0.15) is 10.7 Å². The van der Waals surface area contributed by atoms with Gasteiger partial charge in [-0.15, -0.1) is 11.3 Å². The molecule has 6 heteroatoms. The first-order chi connectivity index (χ1) is 10.3. The van der Waals surface area contributed by atoms with Gasteiger partial charge in [-0.25, -0.2) is 4.98 Å². The van der Waals surface area contributed by atoms with Gasteiger partial charge < -0.3 is 9.55 Å². The summed E-state index contributed by atoms with van der Waals surface area (Å²) in [5.74, 6) is 0.494. The first-order valence-corrected chi connectivity index (χ1v) is 7.85. The van der Waals surface area contributed by atoms with Crippen molar-refractivity contribution in [3.05, 3.63) is 61.9 Å². The summed E-state index contributed by atoms with van der Waals surface area (Å²) < 4.78 is 1.52. The Hall–Kier alpha value is -2.21. The lowest BCUT2D eigenvalue weighted by atomic mass is 9.94. The lowest BCUT2D eigenvalue weighted by Gasteiger charge is -2.14. The fourth-order valence-corrected chi connectivity index (χ4v) is 3.28. The van der Waals surface area contributed by atoms with Gasteiger partial charge in [-0.2, -0.15) is 0 Å². The second-order valence-corrected chi connectivity index (χ2v) is 7.29. The minimum absolute atomic E-state index is 0.0195. The molecule has 3 rings (SSSR count). The SMILES string of the molecule is CC(C)(C)c1cc2c(=O)[nH]c(Cn3ccccc3=O)nc2s1. The molecular formula is C16H17N3O2S. The van der Waals surface area contributed by atoms with Gasteiger partial charge in [0.2, 0.25) is 0 Å². The van der Waals surface area contributed by atoms with E-state index in [1.54, 1.807) is 18.3 Å². The van der Waals surface area contributed by atoms with Crippen molar-refractivity contribution in [1.82, 2.24) is 14.5 Å². The van der Waals surface area contributed by atoms with Crippen LogP contribution in [0.4, 0.5) is 0 Å². The third kappa shape index (κ3) is 2.74. The van der Waals surface area contributed by atoms with Crippen LogP contribution < -0.4 is 11.1 Å². The highest BCUT2D eigenvalue weighted by Gasteiger charge is 2.19. The second kappa shape index (κ2) is 5.21. The van der Waals surface area contributed by atoms with Gasteiger partial charge in [0.15, 0.2) is 0 Å². The van der Waals surface area contributed by atoms with E-state index in [0.29, 0.717) is 16.0 Å². The molecule has 3 aromatic heterocycles. The minimum Gasteiger partial charge on any atom is -0.308 e. The van der Waals surface area contributed by atoms with Gasteiger partial charge in [0.05, 0.1) is 11.9 Å². The van der Waals surface area contributed by atoms with Crippen LogP contribution in [0.3, 0.4) is 0 Å². The molecular weight excluding hydrogens is 298 g/mol. The van der Waals surface area contributed by atoms with Gasteiger partial charge in [-0.3, -0.25) is 9.59 Å². The van der Waals surface area contributed by atoms with Gasteiger partial charge in [-0.05, 0) is 17.5 Å². The average Bonchev–Trinajstić information content (AvgIpc) is 2.86. The van der Waals surface area contributed by atoms with Crippen LogP contribution in [0.25, 0.3) is 10.2 Å². The Balaban J connectivity index is 2.08. The number of nitrogens with zero attached hydrogens (tertiary/aromatic N) is 2. The zero-order valence-corrected chi connectivity index (χ0v) is 13.5. The molecule has 3 aromatic rings. The lowest BCUT2D eigenvalue weighted by Crippen LogP contribution is -2.21. The molecule has 3 heterocycles. The van der Waals surface area contributed by atoms with Gasteiger partial charge in [-0.1, -0.05) is 26.8 Å². The maximum Gasteiger partial charge on any atom is 0.259 e. The highest BCUT2D eigenvalue weighted by molar-refractivity contribution is 7.18. The maximum absolute atomic E-state index is 12.2. The molecule has 0 saturated heterocycles. The number of H-pyrrole nitrogens is 1. The molecule has 0 spiro atoms. The third-order valence-electron chi connectivity index (χ3n) is 3.41. The van der Waals surface area contributed by atoms with Crippen LogP contribution in [0.2, 0.25) is 0 Å². The van der Waals surface area contributed by atoms with E-state index in [2.05, 4.69) is 30.7 Å². The molecule has 0 aliphatic rings. The van der Waals surface area contributed by atoms with Crippen LogP contribution in [0.5, 0.6) is 0 Å². The standard InChI is InChI=1S/C16H17N3O2S/c1-16(2,3)11-8-10-14(21)17-12(18-15(10)22-11)9-19-7-5-4-6-13(19)20/h4-8H,9H2,1-3H3,(H,17,18,21). The highest BCUT2D eigenvalue weighted by Crippen LogP contribution is 2.31. The van der Waals surface area contributed by atoms with Crippen molar-refractivity contribution < 1.29 is 0 Å². The van der Waals surface area contributed by atoms with Crippen molar-refractivity contribution in [3.63, 3.8) is 0 Å². The molecule has 0 radical (unpaired) electrons. The first kappa shape index (κ1) is 14.7. The van der Waals surface area contributed by atoms with Crippen LogP contribution in [0.1, 0.15) is 31.5 Å². The first-order valence-electron chi connectivity index (χ1n) is 7.03. The van der Waals surface area contributed by atoms with E-state index < -0.39 is 0 Å². The number of thiophene rings is 1. The summed E-state index contributed by atoms with van der Waals surface area (Å²) in [4.78, 5) is 33.1. The van der Waals surface area contributed by atoms with E-state index in [9.17, 15) is 9.59 Å². The Labute approximate surface area is 131 Å². The van der Waals surface area contributed by atoms with Crippen LogP contribution in [0, 0.1) is 0 Å². The summed E-state index contributed by atoms with van der Waals surface area (Å²) in [6.07, 6.45) is 1.68. The number of fused-ring (bicyclic) bond motifs is 1. The predicted octanol–water partition coefficient (Wildman–Crippen LogP) is 2.49. The summed E-state index contributed by atoms with van der Waals surface area (Å²) >= 11 is 1.53. The average molecular weight is 315 g/mol. The number of aromatic nitrogens is 3. The normalized spacial score (nSPS) is 12.0. The number of hydrogen-bond acceptors (Lipinski definition) is 4. The maximum atomic E-state index is 12.2. The molecule has 0 aliphatic carbocycles. The molecule has 0 aliphatic heterocycles. The van der Waals surface area contributed by atoms with Crippen molar-refractivity contribution in [1.29, 1.82) is 0 Å². The smallest absolute Gasteiger partial charge is 0.259 e. The van der Waals surface area contributed by atoms with Gasteiger partial charge in [0, 0.05) is 17.1 Å². The van der Waals surface area contributed by atoms with Crippen LogP contribution in [-0.2, 0) is 12.0 Å². The largest absolute Gasteiger partial charge is 0.308 e. The summed E-state index contributed by atoms with van der Waals surface area (Å²) in [6.45, 7) is 6.58. The molecule has 0 fully saturated rings. The molecule has 0 amide bonds. The van der Waals surface area contributed by atoms with Crippen LogP contribution in [-0.4, -0.2) is 14.5 Å². The van der Waals surface area contributed by atoms with E-state index >= 15 is 0 Å². The van der Waals surface area contributed by atoms with Crippen molar-refractivity contribution in [2.45, 2.75) is 32.7 Å². The molecule has 0 saturated carbocycles. The Morgan fingerprint density at radius 3 is 2.73 bits per heavy atom. The topological polar surface area (TPSA) is 67.8 Å². The molecule has 22 heavy (non-hydrogen) atoms.